The summed E-state index contributed by atoms with van der Waals surface area (Å²) in [7, 11) is 4.83. The molecule has 1 unspecified atom stereocenters. The molecule has 0 saturated heterocycles. The molecule has 0 aliphatic carbocycles. The summed E-state index contributed by atoms with van der Waals surface area (Å²) in [6.45, 7) is 2.20. The molecule has 0 saturated carbocycles. The summed E-state index contributed by atoms with van der Waals surface area (Å²) in [5.41, 5.74) is 1.57. The van der Waals surface area contributed by atoms with Crippen LogP contribution in [0.4, 0.5) is 0 Å². The van der Waals surface area contributed by atoms with Gasteiger partial charge in [0.15, 0.2) is 0 Å². The molecule has 19 heavy (non-hydrogen) atoms. The van der Waals surface area contributed by atoms with Crippen LogP contribution in [-0.4, -0.2) is 44.0 Å². The second-order valence-corrected chi connectivity index (χ2v) is 4.35. The van der Waals surface area contributed by atoms with E-state index in [1.807, 2.05) is 12.1 Å². The van der Waals surface area contributed by atoms with Crippen molar-refractivity contribution >= 4 is 11.8 Å². The van der Waals surface area contributed by atoms with E-state index in [0.717, 1.165) is 5.56 Å². The van der Waals surface area contributed by atoms with Crippen LogP contribution < -0.4 is 5.32 Å². The third-order valence-corrected chi connectivity index (χ3v) is 2.94. The van der Waals surface area contributed by atoms with E-state index in [-0.39, 0.29) is 11.8 Å². The van der Waals surface area contributed by atoms with Gasteiger partial charge in [0, 0.05) is 33.3 Å². The van der Waals surface area contributed by atoms with Crippen molar-refractivity contribution in [3.63, 3.8) is 0 Å². The summed E-state index contributed by atoms with van der Waals surface area (Å²) in [4.78, 5) is 24.8. The SMILES string of the molecule is CNC(=O)c1ccc(CN(C)C(=O)C(C)OC)cc1. The van der Waals surface area contributed by atoms with E-state index in [0.29, 0.717) is 12.1 Å². The number of rotatable bonds is 5. The molecule has 0 heterocycles. The Kier molecular flexibility index (Phi) is 5.51. The Bertz CT molecular complexity index is 443. The van der Waals surface area contributed by atoms with Gasteiger partial charge in [0.25, 0.3) is 11.8 Å². The lowest BCUT2D eigenvalue weighted by Gasteiger charge is -2.20. The van der Waals surface area contributed by atoms with Gasteiger partial charge >= 0.3 is 0 Å². The highest BCUT2D eigenvalue weighted by Crippen LogP contribution is 2.08. The lowest BCUT2D eigenvalue weighted by molar-refractivity contribution is -0.140. The molecule has 1 aromatic carbocycles. The van der Waals surface area contributed by atoms with E-state index in [4.69, 9.17) is 4.74 Å². The van der Waals surface area contributed by atoms with E-state index in [9.17, 15) is 9.59 Å². The van der Waals surface area contributed by atoms with Crippen molar-refractivity contribution in [2.45, 2.75) is 19.6 Å². The molecule has 104 valence electrons. The number of likely N-dealkylation sites (N-methyl/N-ethyl adjacent to an activating group) is 1. The monoisotopic (exact) mass is 264 g/mol. The van der Waals surface area contributed by atoms with Gasteiger partial charge in [-0.15, -0.1) is 0 Å². The Morgan fingerprint density at radius 2 is 1.89 bits per heavy atom. The van der Waals surface area contributed by atoms with Gasteiger partial charge in [0.05, 0.1) is 0 Å². The molecule has 2 amide bonds. The van der Waals surface area contributed by atoms with Crippen LogP contribution in [-0.2, 0) is 16.1 Å². The molecule has 5 nitrogen and oxygen atoms in total. The van der Waals surface area contributed by atoms with E-state index in [2.05, 4.69) is 5.32 Å². The first-order valence-corrected chi connectivity index (χ1v) is 6.08. The van der Waals surface area contributed by atoms with Crippen LogP contribution in [0, 0.1) is 0 Å². The Labute approximate surface area is 113 Å². The number of hydrogen-bond donors (Lipinski definition) is 1. The van der Waals surface area contributed by atoms with Crippen LogP contribution >= 0.6 is 0 Å². The van der Waals surface area contributed by atoms with Crippen LogP contribution in [0.3, 0.4) is 0 Å². The molecular formula is C14H20N2O3. The maximum Gasteiger partial charge on any atom is 0.251 e. The van der Waals surface area contributed by atoms with E-state index >= 15 is 0 Å². The highest BCUT2D eigenvalue weighted by molar-refractivity contribution is 5.93. The molecule has 0 radical (unpaired) electrons. The number of amides is 2. The van der Waals surface area contributed by atoms with Crippen LogP contribution in [0.5, 0.6) is 0 Å². The molecule has 0 fully saturated rings. The number of ether oxygens (including phenoxy) is 1. The zero-order chi connectivity index (χ0) is 14.4. The summed E-state index contributed by atoms with van der Waals surface area (Å²) >= 11 is 0. The van der Waals surface area contributed by atoms with Gasteiger partial charge in [0.1, 0.15) is 6.10 Å². The van der Waals surface area contributed by atoms with Crippen LogP contribution in [0.2, 0.25) is 0 Å². The van der Waals surface area contributed by atoms with Gasteiger partial charge < -0.3 is 15.0 Å². The van der Waals surface area contributed by atoms with Gasteiger partial charge in [-0.05, 0) is 24.6 Å². The molecule has 0 aliphatic heterocycles. The molecule has 1 rings (SSSR count). The number of carbonyl (C=O) groups is 2. The number of benzene rings is 1. The smallest absolute Gasteiger partial charge is 0.251 e. The normalized spacial score (nSPS) is 11.8. The number of carbonyl (C=O) groups excluding carboxylic acids is 2. The van der Waals surface area contributed by atoms with Crippen molar-refractivity contribution in [2.75, 3.05) is 21.2 Å². The minimum atomic E-state index is -0.449. The lowest BCUT2D eigenvalue weighted by atomic mass is 10.1. The molecule has 0 aromatic heterocycles. The van der Waals surface area contributed by atoms with Crippen molar-refractivity contribution in [1.29, 1.82) is 0 Å². The summed E-state index contributed by atoms with van der Waals surface area (Å²) < 4.78 is 4.99. The van der Waals surface area contributed by atoms with Crippen LogP contribution in [0.15, 0.2) is 24.3 Å². The first-order valence-electron chi connectivity index (χ1n) is 6.08. The van der Waals surface area contributed by atoms with E-state index < -0.39 is 6.10 Å². The van der Waals surface area contributed by atoms with Crippen LogP contribution in [0.25, 0.3) is 0 Å². The highest BCUT2D eigenvalue weighted by Gasteiger charge is 2.16. The van der Waals surface area contributed by atoms with Crippen molar-refractivity contribution in [1.82, 2.24) is 10.2 Å². The summed E-state index contributed by atoms with van der Waals surface area (Å²) in [6, 6.07) is 7.16. The maximum absolute atomic E-state index is 11.8. The fourth-order valence-electron chi connectivity index (χ4n) is 1.67. The fourth-order valence-corrected chi connectivity index (χ4v) is 1.67. The fraction of sp³-hybridized carbons (Fsp3) is 0.429. The van der Waals surface area contributed by atoms with Gasteiger partial charge in [-0.25, -0.2) is 0 Å². The molecule has 0 aliphatic rings. The lowest BCUT2D eigenvalue weighted by Crippen LogP contribution is -2.35. The average Bonchev–Trinajstić information content (AvgIpc) is 2.45. The van der Waals surface area contributed by atoms with Crippen molar-refractivity contribution in [2.24, 2.45) is 0 Å². The van der Waals surface area contributed by atoms with Gasteiger partial charge in [-0.2, -0.15) is 0 Å². The topological polar surface area (TPSA) is 58.6 Å². The Morgan fingerprint density at radius 3 is 2.37 bits per heavy atom. The van der Waals surface area contributed by atoms with Gasteiger partial charge in [-0.1, -0.05) is 12.1 Å². The Hall–Kier alpha value is -1.88. The Morgan fingerprint density at radius 1 is 1.32 bits per heavy atom. The largest absolute Gasteiger partial charge is 0.372 e. The first kappa shape index (κ1) is 15.2. The first-order chi connectivity index (χ1) is 8.99. The quantitative estimate of drug-likeness (QED) is 0.864. The molecule has 5 heteroatoms. The third kappa shape index (κ3) is 4.06. The number of nitrogens with one attached hydrogen (secondary N) is 1. The average molecular weight is 264 g/mol. The minimum Gasteiger partial charge on any atom is -0.372 e. The number of hydrogen-bond acceptors (Lipinski definition) is 3. The zero-order valence-corrected chi connectivity index (χ0v) is 11.8. The van der Waals surface area contributed by atoms with E-state index in [1.165, 1.54) is 7.11 Å². The van der Waals surface area contributed by atoms with Gasteiger partial charge in [-0.3, -0.25) is 9.59 Å². The summed E-state index contributed by atoms with van der Waals surface area (Å²) in [6.07, 6.45) is -0.449. The second kappa shape index (κ2) is 6.89. The summed E-state index contributed by atoms with van der Waals surface area (Å²) in [5.74, 6) is -0.193. The molecule has 0 bridgehead atoms. The Balaban J connectivity index is 2.68. The number of methoxy groups -OCH3 is 1. The van der Waals surface area contributed by atoms with Gasteiger partial charge in [0.2, 0.25) is 0 Å². The van der Waals surface area contributed by atoms with Crippen molar-refractivity contribution in [3.05, 3.63) is 35.4 Å². The standard InChI is InChI=1S/C14H20N2O3/c1-10(19-4)14(18)16(3)9-11-5-7-12(8-6-11)13(17)15-2/h5-8,10H,9H2,1-4H3,(H,15,17). The third-order valence-electron chi connectivity index (χ3n) is 2.94. The van der Waals surface area contributed by atoms with Crippen molar-refractivity contribution < 1.29 is 14.3 Å². The molecule has 1 aromatic rings. The minimum absolute atomic E-state index is 0.0714. The second-order valence-electron chi connectivity index (χ2n) is 4.35. The molecule has 0 spiro atoms. The number of nitrogens with zero attached hydrogens (tertiary/aromatic N) is 1. The maximum atomic E-state index is 11.8. The van der Waals surface area contributed by atoms with Crippen LogP contribution in [0.1, 0.15) is 22.8 Å². The van der Waals surface area contributed by atoms with E-state index in [1.54, 1.807) is 38.1 Å². The predicted molar refractivity (Wildman–Crippen MR) is 72.8 cm³/mol. The molecule has 1 N–H and O–H groups in total. The van der Waals surface area contributed by atoms with Crippen molar-refractivity contribution in [3.8, 4) is 0 Å². The highest BCUT2D eigenvalue weighted by atomic mass is 16.5. The summed E-state index contributed by atoms with van der Waals surface area (Å²) in [5, 5.41) is 2.56. The molecule has 1 atom stereocenters. The molecular weight excluding hydrogens is 244 g/mol. The predicted octanol–water partition coefficient (Wildman–Crippen LogP) is 1.04. The zero-order valence-electron chi connectivity index (χ0n) is 11.8.